The van der Waals surface area contributed by atoms with Crippen LogP contribution < -0.4 is 10.1 Å². The molecule has 2 atom stereocenters. The lowest BCUT2D eigenvalue weighted by Gasteiger charge is -2.21. The van der Waals surface area contributed by atoms with Gasteiger partial charge < -0.3 is 10.1 Å². The summed E-state index contributed by atoms with van der Waals surface area (Å²) < 4.78 is 5.12. The van der Waals surface area contributed by atoms with Crippen LogP contribution in [0.2, 0.25) is 0 Å². The molecule has 0 saturated carbocycles. The third kappa shape index (κ3) is 2.21. The van der Waals surface area contributed by atoms with Gasteiger partial charge >= 0.3 is 5.69 Å². The molecular formula is C14H16N2O3. The second-order valence-corrected chi connectivity index (χ2v) is 5.09. The topological polar surface area (TPSA) is 64.4 Å². The molecule has 2 unspecified atom stereocenters. The van der Waals surface area contributed by atoms with E-state index >= 15 is 0 Å². The molecule has 0 spiro atoms. The van der Waals surface area contributed by atoms with Gasteiger partial charge in [-0.3, -0.25) is 10.1 Å². The van der Waals surface area contributed by atoms with Gasteiger partial charge in [0.05, 0.1) is 12.0 Å². The molecule has 1 saturated heterocycles. The van der Waals surface area contributed by atoms with Crippen LogP contribution in [0.25, 0.3) is 5.57 Å². The molecule has 1 aromatic carbocycles. The summed E-state index contributed by atoms with van der Waals surface area (Å²) >= 11 is 0. The summed E-state index contributed by atoms with van der Waals surface area (Å²) in [7, 11) is 1.46. The maximum absolute atomic E-state index is 10.9. The van der Waals surface area contributed by atoms with Gasteiger partial charge in [-0.05, 0) is 42.5 Å². The fourth-order valence-corrected chi connectivity index (χ4v) is 2.96. The Morgan fingerprint density at radius 2 is 2.26 bits per heavy atom. The Hall–Kier alpha value is -1.88. The van der Waals surface area contributed by atoms with Crippen LogP contribution in [-0.4, -0.2) is 24.1 Å². The zero-order chi connectivity index (χ0) is 13.4. The number of hydrogen-bond donors (Lipinski definition) is 1. The highest BCUT2D eigenvalue weighted by Crippen LogP contribution is 2.35. The van der Waals surface area contributed by atoms with E-state index in [1.165, 1.54) is 31.6 Å². The van der Waals surface area contributed by atoms with Gasteiger partial charge in [0.25, 0.3) is 0 Å². The van der Waals surface area contributed by atoms with Crippen LogP contribution in [0.4, 0.5) is 5.69 Å². The Bertz CT molecular complexity index is 554. The minimum absolute atomic E-state index is 0.0174. The van der Waals surface area contributed by atoms with Gasteiger partial charge in [-0.2, -0.15) is 0 Å². The number of hydrogen-bond acceptors (Lipinski definition) is 4. The number of benzene rings is 1. The van der Waals surface area contributed by atoms with Gasteiger partial charge in [0.15, 0.2) is 5.75 Å². The molecule has 0 amide bonds. The zero-order valence-electron chi connectivity index (χ0n) is 10.8. The Kier molecular flexibility index (Phi) is 2.98. The summed E-state index contributed by atoms with van der Waals surface area (Å²) in [6.45, 7) is 0. The molecular weight excluding hydrogens is 244 g/mol. The molecule has 5 heteroatoms. The molecule has 1 fully saturated rings. The number of nitro benzene ring substituents is 1. The first-order chi connectivity index (χ1) is 9.17. The van der Waals surface area contributed by atoms with Gasteiger partial charge in [0.2, 0.25) is 0 Å². The van der Waals surface area contributed by atoms with E-state index < -0.39 is 4.92 Å². The lowest BCUT2D eigenvalue weighted by Crippen LogP contribution is -2.31. The van der Waals surface area contributed by atoms with E-state index in [1.807, 2.05) is 6.07 Å². The molecule has 1 aromatic rings. The van der Waals surface area contributed by atoms with Crippen LogP contribution in [0.3, 0.4) is 0 Å². The smallest absolute Gasteiger partial charge is 0.310 e. The maximum atomic E-state index is 10.9. The summed E-state index contributed by atoms with van der Waals surface area (Å²) in [6, 6.07) is 6.12. The average Bonchev–Trinajstić information content (AvgIpc) is 2.76. The number of nitrogens with zero attached hydrogens (tertiary/aromatic N) is 1. The van der Waals surface area contributed by atoms with Gasteiger partial charge in [-0.15, -0.1) is 0 Å². The molecule has 2 aliphatic rings. The maximum Gasteiger partial charge on any atom is 0.310 e. The van der Waals surface area contributed by atoms with Crippen molar-refractivity contribution >= 4 is 11.3 Å². The number of rotatable bonds is 3. The van der Waals surface area contributed by atoms with Crippen molar-refractivity contribution in [3.8, 4) is 5.75 Å². The second kappa shape index (κ2) is 4.66. The Labute approximate surface area is 111 Å². The lowest BCUT2D eigenvalue weighted by molar-refractivity contribution is -0.385. The van der Waals surface area contributed by atoms with E-state index in [0.717, 1.165) is 12.0 Å². The summed E-state index contributed by atoms with van der Waals surface area (Å²) in [5.41, 5.74) is 2.31. The highest BCUT2D eigenvalue weighted by atomic mass is 16.6. The molecule has 0 radical (unpaired) electrons. The second-order valence-electron chi connectivity index (χ2n) is 5.09. The molecule has 0 aromatic heterocycles. The van der Waals surface area contributed by atoms with E-state index in [1.54, 1.807) is 6.07 Å². The van der Waals surface area contributed by atoms with Gasteiger partial charge in [0, 0.05) is 18.2 Å². The van der Waals surface area contributed by atoms with E-state index in [9.17, 15) is 10.1 Å². The monoisotopic (exact) mass is 260 g/mol. The molecule has 2 bridgehead atoms. The number of nitrogens with one attached hydrogen (secondary N) is 1. The molecule has 19 heavy (non-hydrogen) atoms. The Balaban J connectivity index is 1.95. The van der Waals surface area contributed by atoms with Gasteiger partial charge in [-0.1, -0.05) is 6.08 Å². The molecule has 2 heterocycles. The highest BCUT2D eigenvalue weighted by Gasteiger charge is 2.28. The van der Waals surface area contributed by atoms with E-state index in [4.69, 9.17) is 4.74 Å². The predicted octanol–water partition coefficient (Wildman–Crippen LogP) is 2.51. The minimum Gasteiger partial charge on any atom is -0.490 e. The van der Waals surface area contributed by atoms with Crippen molar-refractivity contribution in [1.82, 2.24) is 5.32 Å². The fraction of sp³-hybridized carbons (Fsp3) is 0.429. The quantitative estimate of drug-likeness (QED) is 0.670. The highest BCUT2D eigenvalue weighted by molar-refractivity contribution is 5.71. The SMILES string of the molecule is COc1cc(C2=CC3CCC(C2)N3)ccc1[N+](=O)[O-]. The van der Waals surface area contributed by atoms with Crippen LogP contribution >= 0.6 is 0 Å². The van der Waals surface area contributed by atoms with Crippen LogP contribution in [0.1, 0.15) is 24.8 Å². The van der Waals surface area contributed by atoms with Crippen molar-refractivity contribution in [3.63, 3.8) is 0 Å². The number of fused-ring (bicyclic) bond motifs is 2. The minimum atomic E-state index is -0.414. The molecule has 5 nitrogen and oxygen atoms in total. The number of methoxy groups -OCH3 is 1. The van der Waals surface area contributed by atoms with Crippen LogP contribution in [0.15, 0.2) is 24.3 Å². The van der Waals surface area contributed by atoms with Crippen LogP contribution in [-0.2, 0) is 0 Å². The van der Waals surface area contributed by atoms with Gasteiger partial charge in [-0.25, -0.2) is 0 Å². The molecule has 0 aliphatic carbocycles. The normalized spacial score (nSPS) is 25.0. The summed E-state index contributed by atoms with van der Waals surface area (Å²) in [5.74, 6) is 0.328. The van der Waals surface area contributed by atoms with Crippen molar-refractivity contribution in [2.75, 3.05) is 7.11 Å². The predicted molar refractivity (Wildman–Crippen MR) is 72.2 cm³/mol. The summed E-state index contributed by atoms with van der Waals surface area (Å²) in [6.07, 6.45) is 5.61. The Morgan fingerprint density at radius 1 is 1.42 bits per heavy atom. The molecule has 100 valence electrons. The van der Waals surface area contributed by atoms with Gasteiger partial charge in [0.1, 0.15) is 0 Å². The van der Waals surface area contributed by atoms with Crippen molar-refractivity contribution in [2.24, 2.45) is 0 Å². The number of nitro groups is 1. The molecule has 1 N–H and O–H groups in total. The fourth-order valence-electron chi connectivity index (χ4n) is 2.96. The van der Waals surface area contributed by atoms with E-state index in [-0.39, 0.29) is 5.69 Å². The van der Waals surface area contributed by atoms with Crippen LogP contribution in [0.5, 0.6) is 5.75 Å². The van der Waals surface area contributed by atoms with Crippen molar-refractivity contribution in [1.29, 1.82) is 0 Å². The van der Waals surface area contributed by atoms with E-state index in [2.05, 4.69) is 11.4 Å². The first kappa shape index (κ1) is 12.2. The van der Waals surface area contributed by atoms with Crippen LogP contribution in [0, 0.1) is 10.1 Å². The third-order valence-electron chi connectivity index (χ3n) is 3.89. The van der Waals surface area contributed by atoms with Crippen molar-refractivity contribution in [3.05, 3.63) is 40.0 Å². The average molecular weight is 260 g/mol. The lowest BCUT2D eigenvalue weighted by atomic mass is 9.96. The Morgan fingerprint density at radius 3 is 2.95 bits per heavy atom. The standard InChI is InChI=1S/C14H16N2O3/c1-19-14-8-9(2-5-13(14)16(17)18)10-6-11-3-4-12(7-10)15-11/h2,5-6,8,11-12,15H,3-4,7H2,1H3. The third-order valence-corrected chi connectivity index (χ3v) is 3.89. The van der Waals surface area contributed by atoms with E-state index in [0.29, 0.717) is 17.8 Å². The summed E-state index contributed by atoms with van der Waals surface area (Å²) in [4.78, 5) is 10.5. The zero-order valence-corrected chi connectivity index (χ0v) is 10.8. The largest absolute Gasteiger partial charge is 0.490 e. The summed E-state index contributed by atoms with van der Waals surface area (Å²) in [5, 5.41) is 14.4. The molecule has 2 aliphatic heterocycles. The molecule has 3 rings (SSSR count). The van der Waals surface area contributed by atoms with Crippen molar-refractivity contribution < 1.29 is 9.66 Å². The number of ether oxygens (including phenoxy) is 1. The van der Waals surface area contributed by atoms with Crippen molar-refractivity contribution in [2.45, 2.75) is 31.3 Å². The first-order valence-electron chi connectivity index (χ1n) is 6.47. The first-order valence-corrected chi connectivity index (χ1v) is 6.47.